The van der Waals surface area contributed by atoms with Crippen molar-refractivity contribution in [2.75, 3.05) is 5.32 Å². The molecule has 0 aromatic carbocycles. The van der Waals surface area contributed by atoms with Gasteiger partial charge >= 0.3 is 0 Å². The number of carbonyl (C=O) groups is 2. The minimum atomic E-state index is -0.340. The Balaban J connectivity index is 1.98. The van der Waals surface area contributed by atoms with Gasteiger partial charge in [0.15, 0.2) is 16.6 Å². The van der Waals surface area contributed by atoms with Crippen molar-refractivity contribution in [2.24, 2.45) is 0 Å². The number of rotatable bonds is 3. The third-order valence-corrected chi connectivity index (χ3v) is 4.15. The van der Waals surface area contributed by atoms with Crippen LogP contribution in [0.3, 0.4) is 0 Å². The molecule has 0 aliphatic heterocycles. The van der Waals surface area contributed by atoms with Crippen molar-refractivity contribution in [3.05, 3.63) is 39.8 Å². The molecule has 1 amide bonds. The molecule has 118 valence electrons. The molecule has 3 aromatic heterocycles. The average Bonchev–Trinajstić information content (AvgIpc) is 2.99. The third-order valence-electron chi connectivity index (χ3n) is 3.26. The van der Waals surface area contributed by atoms with Crippen LogP contribution >= 0.6 is 11.3 Å². The Morgan fingerprint density at radius 2 is 1.87 bits per heavy atom. The van der Waals surface area contributed by atoms with Gasteiger partial charge in [-0.3, -0.25) is 14.9 Å². The molecule has 0 saturated heterocycles. The number of Topliss-reactive ketones (excluding diaryl/α,β-unsaturated/α-hetero) is 1. The molecule has 0 fully saturated rings. The molecule has 7 nitrogen and oxygen atoms in total. The number of amides is 1. The monoisotopic (exact) mass is 329 g/mol. The van der Waals surface area contributed by atoms with Crippen LogP contribution < -0.4 is 5.32 Å². The highest BCUT2D eigenvalue weighted by atomic mass is 32.1. The van der Waals surface area contributed by atoms with Crippen molar-refractivity contribution in [3.63, 3.8) is 0 Å². The zero-order valence-electron chi connectivity index (χ0n) is 13.2. The van der Waals surface area contributed by atoms with Crippen LogP contribution in [0.4, 0.5) is 5.13 Å². The lowest BCUT2D eigenvalue weighted by Gasteiger charge is -2.05. The van der Waals surface area contributed by atoms with Crippen molar-refractivity contribution in [1.82, 2.24) is 19.6 Å². The molecular weight excluding hydrogens is 314 g/mol. The fourth-order valence-corrected chi connectivity index (χ4v) is 3.17. The lowest BCUT2D eigenvalue weighted by molar-refractivity contribution is 0.100. The van der Waals surface area contributed by atoms with Crippen LogP contribution in [-0.4, -0.2) is 31.3 Å². The van der Waals surface area contributed by atoms with E-state index in [0.29, 0.717) is 22.2 Å². The normalized spacial score (nSPS) is 11.0. The number of anilines is 1. The van der Waals surface area contributed by atoms with Gasteiger partial charge in [0.25, 0.3) is 5.91 Å². The van der Waals surface area contributed by atoms with E-state index in [1.807, 2.05) is 19.9 Å². The maximum atomic E-state index is 12.6. The Labute approximate surface area is 136 Å². The van der Waals surface area contributed by atoms with Crippen LogP contribution in [0.15, 0.2) is 12.1 Å². The van der Waals surface area contributed by atoms with E-state index < -0.39 is 0 Å². The fourth-order valence-electron chi connectivity index (χ4n) is 2.31. The van der Waals surface area contributed by atoms with E-state index in [0.717, 1.165) is 16.3 Å². The first-order valence-electron chi connectivity index (χ1n) is 6.99. The van der Waals surface area contributed by atoms with Gasteiger partial charge in [0.05, 0.1) is 5.69 Å². The Kier molecular flexibility index (Phi) is 3.69. The van der Waals surface area contributed by atoms with Crippen molar-refractivity contribution in [2.45, 2.75) is 27.7 Å². The number of fused-ring (bicyclic) bond motifs is 1. The van der Waals surface area contributed by atoms with Crippen LogP contribution in [0.2, 0.25) is 0 Å². The highest BCUT2D eigenvalue weighted by molar-refractivity contribution is 7.16. The molecule has 0 aliphatic carbocycles. The molecule has 3 aromatic rings. The standard InChI is InChI=1S/C15H15N5O2S/c1-7-5-11(20-12(16-7)6-8(2)19-20)14(22)18-15-17-13(9(3)21)10(4)23-15/h5-6H,1-4H3,(H,17,18,22). The van der Waals surface area contributed by atoms with Crippen molar-refractivity contribution < 1.29 is 9.59 Å². The topological polar surface area (TPSA) is 89.2 Å². The van der Waals surface area contributed by atoms with Crippen molar-refractivity contribution >= 4 is 33.8 Å². The molecule has 0 aliphatic rings. The summed E-state index contributed by atoms with van der Waals surface area (Å²) in [5, 5.41) is 7.41. The molecule has 23 heavy (non-hydrogen) atoms. The summed E-state index contributed by atoms with van der Waals surface area (Å²) in [6.45, 7) is 6.92. The van der Waals surface area contributed by atoms with Crippen LogP contribution in [0.25, 0.3) is 5.65 Å². The predicted octanol–water partition coefficient (Wildman–Crippen LogP) is 2.57. The van der Waals surface area contributed by atoms with E-state index in [4.69, 9.17) is 0 Å². The van der Waals surface area contributed by atoms with E-state index in [9.17, 15) is 9.59 Å². The molecule has 0 atom stereocenters. The number of ketones is 1. The number of thiazole rings is 1. The zero-order chi connectivity index (χ0) is 16.7. The molecule has 8 heteroatoms. The molecular formula is C15H15N5O2S. The number of nitrogens with one attached hydrogen (secondary N) is 1. The maximum absolute atomic E-state index is 12.6. The first kappa shape index (κ1) is 15.3. The van der Waals surface area contributed by atoms with Crippen LogP contribution in [0.5, 0.6) is 0 Å². The molecule has 1 N–H and O–H groups in total. The van der Waals surface area contributed by atoms with Gasteiger partial charge in [-0.2, -0.15) is 5.10 Å². The number of nitrogens with zero attached hydrogens (tertiary/aromatic N) is 4. The summed E-state index contributed by atoms with van der Waals surface area (Å²) in [6, 6.07) is 3.48. The Hall–Kier alpha value is -2.61. The summed E-state index contributed by atoms with van der Waals surface area (Å²) in [5.41, 5.74) is 2.88. The van der Waals surface area contributed by atoms with Crippen LogP contribution in [0, 0.1) is 20.8 Å². The van der Waals surface area contributed by atoms with Gasteiger partial charge in [0.1, 0.15) is 11.4 Å². The SMILES string of the molecule is CC(=O)c1nc(NC(=O)c2cc(C)nc3cc(C)nn23)sc1C. The second-order valence-corrected chi connectivity index (χ2v) is 6.48. The third kappa shape index (κ3) is 2.85. The van der Waals surface area contributed by atoms with E-state index in [1.54, 1.807) is 13.0 Å². The number of carbonyl (C=O) groups excluding carboxylic acids is 2. The van der Waals surface area contributed by atoms with Gasteiger partial charge in [-0.05, 0) is 26.8 Å². The van der Waals surface area contributed by atoms with Gasteiger partial charge in [-0.25, -0.2) is 14.5 Å². The minimum Gasteiger partial charge on any atom is -0.296 e. The average molecular weight is 329 g/mol. The largest absolute Gasteiger partial charge is 0.296 e. The number of hydrogen-bond acceptors (Lipinski definition) is 6. The van der Waals surface area contributed by atoms with Crippen LogP contribution in [0.1, 0.15) is 44.2 Å². The molecule has 3 rings (SSSR count). The molecule has 0 spiro atoms. The molecule has 0 saturated carbocycles. The van der Waals surface area contributed by atoms with Gasteiger partial charge in [-0.1, -0.05) is 0 Å². The molecule has 0 bridgehead atoms. The lowest BCUT2D eigenvalue weighted by Crippen LogP contribution is -2.17. The van der Waals surface area contributed by atoms with E-state index in [-0.39, 0.29) is 11.7 Å². The second-order valence-electron chi connectivity index (χ2n) is 5.27. The zero-order valence-corrected chi connectivity index (χ0v) is 14.0. The van der Waals surface area contributed by atoms with Crippen LogP contribution in [-0.2, 0) is 0 Å². The summed E-state index contributed by atoms with van der Waals surface area (Å²) >= 11 is 1.27. The molecule has 3 heterocycles. The van der Waals surface area contributed by atoms with Gasteiger partial charge in [-0.15, -0.1) is 11.3 Å². The quantitative estimate of drug-likeness (QED) is 0.746. The van der Waals surface area contributed by atoms with Gasteiger partial charge in [0, 0.05) is 23.6 Å². The highest BCUT2D eigenvalue weighted by Gasteiger charge is 2.17. The van der Waals surface area contributed by atoms with Gasteiger partial charge in [0.2, 0.25) is 0 Å². The predicted molar refractivity (Wildman–Crippen MR) is 87.3 cm³/mol. The summed E-state index contributed by atoms with van der Waals surface area (Å²) < 4.78 is 1.50. The molecule has 0 unspecified atom stereocenters. The Morgan fingerprint density at radius 1 is 1.13 bits per heavy atom. The smallest absolute Gasteiger partial charge is 0.276 e. The van der Waals surface area contributed by atoms with E-state index in [2.05, 4.69) is 20.4 Å². The minimum absolute atomic E-state index is 0.121. The molecule has 0 radical (unpaired) electrons. The van der Waals surface area contributed by atoms with Crippen molar-refractivity contribution in [3.8, 4) is 0 Å². The first-order valence-corrected chi connectivity index (χ1v) is 7.80. The van der Waals surface area contributed by atoms with E-state index in [1.165, 1.54) is 22.8 Å². The maximum Gasteiger partial charge on any atom is 0.276 e. The van der Waals surface area contributed by atoms with Gasteiger partial charge < -0.3 is 0 Å². The second kappa shape index (κ2) is 5.54. The lowest BCUT2D eigenvalue weighted by atomic mass is 10.3. The Morgan fingerprint density at radius 3 is 2.52 bits per heavy atom. The number of aromatic nitrogens is 4. The van der Waals surface area contributed by atoms with E-state index >= 15 is 0 Å². The Bertz CT molecular complexity index is 941. The van der Waals surface area contributed by atoms with Crippen molar-refractivity contribution in [1.29, 1.82) is 0 Å². The summed E-state index contributed by atoms with van der Waals surface area (Å²) in [6.07, 6.45) is 0. The fraction of sp³-hybridized carbons (Fsp3) is 0.267. The highest BCUT2D eigenvalue weighted by Crippen LogP contribution is 2.23. The first-order chi connectivity index (χ1) is 10.8. The summed E-state index contributed by atoms with van der Waals surface area (Å²) in [4.78, 5) is 33.3. The number of aryl methyl sites for hydroxylation is 3. The summed E-state index contributed by atoms with van der Waals surface area (Å²) in [7, 11) is 0. The number of hydrogen-bond donors (Lipinski definition) is 1. The summed E-state index contributed by atoms with van der Waals surface area (Å²) in [5.74, 6) is -0.462.